The third-order valence-corrected chi connectivity index (χ3v) is 3.37. The Morgan fingerprint density at radius 1 is 0.960 bits per heavy atom. The van der Waals surface area contributed by atoms with Gasteiger partial charge < -0.3 is 5.73 Å². The third kappa shape index (κ3) is 7.90. The number of guanidine groups is 1. The number of nitrogens with one attached hydrogen (secondary N) is 2. The lowest BCUT2D eigenvalue weighted by Crippen LogP contribution is -2.26. The number of halogens is 3. The summed E-state index contributed by atoms with van der Waals surface area (Å²) in [4.78, 5) is 0. The molecule has 0 spiro atoms. The molecular formula is C18H17Cl3N4. The minimum Gasteiger partial charge on any atom is -0.369 e. The van der Waals surface area contributed by atoms with E-state index in [2.05, 4.69) is 10.5 Å². The average Bonchev–Trinajstić information content (AvgIpc) is 2.54. The van der Waals surface area contributed by atoms with E-state index < -0.39 is 0 Å². The van der Waals surface area contributed by atoms with Crippen molar-refractivity contribution in [1.29, 1.82) is 5.41 Å². The van der Waals surface area contributed by atoms with Crippen LogP contribution in [-0.2, 0) is 0 Å². The first kappa shape index (κ1) is 20.8. The summed E-state index contributed by atoms with van der Waals surface area (Å²) in [6, 6.07) is 14.9. The van der Waals surface area contributed by atoms with E-state index in [0.29, 0.717) is 15.8 Å². The molecule has 0 radical (unpaired) electrons. The van der Waals surface area contributed by atoms with Crippen molar-refractivity contribution in [3.8, 4) is 0 Å². The summed E-state index contributed by atoms with van der Waals surface area (Å²) < 4.78 is 0. The molecule has 0 aliphatic rings. The minimum atomic E-state index is -0.236. The van der Waals surface area contributed by atoms with Crippen molar-refractivity contribution in [2.24, 2.45) is 10.8 Å². The summed E-state index contributed by atoms with van der Waals surface area (Å²) in [5.41, 5.74) is 10.2. The predicted molar refractivity (Wildman–Crippen MR) is 111 cm³/mol. The van der Waals surface area contributed by atoms with Crippen molar-refractivity contribution in [1.82, 2.24) is 5.43 Å². The summed E-state index contributed by atoms with van der Waals surface area (Å²) in [5, 5.41) is 12.6. The van der Waals surface area contributed by atoms with E-state index in [0.717, 1.165) is 11.1 Å². The normalized spacial score (nSPS) is 10.5. The molecule has 2 aromatic rings. The molecule has 2 aromatic carbocycles. The maximum absolute atomic E-state index is 7.21. The van der Waals surface area contributed by atoms with Crippen molar-refractivity contribution < 1.29 is 0 Å². The standard InChI is InChI=1S/C18H16Cl2N4.ClH/c19-15-5-1-3-13(11-15)7-9-17(23-24-18(21)22)10-8-14-4-2-6-16(20)12-14;/h1-12H,(H4,21,22,24);1H/b9-7+,10-8+;. The van der Waals surface area contributed by atoms with E-state index in [9.17, 15) is 0 Å². The Morgan fingerprint density at radius 2 is 1.44 bits per heavy atom. The predicted octanol–water partition coefficient (Wildman–Crippen LogP) is 4.98. The highest BCUT2D eigenvalue weighted by Crippen LogP contribution is 2.13. The zero-order valence-electron chi connectivity index (χ0n) is 13.1. The Hall–Kier alpha value is -2.27. The topological polar surface area (TPSA) is 74.3 Å². The number of hydrogen-bond donors (Lipinski definition) is 3. The van der Waals surface area contributed by atoms with Gasteiger partial charge in [0, 0.05) is 10.0 Å². The molecule has 0 aliphatic carbocycles. The van der Waals surface area contributed by atoms with Crippen LogP contribution in [0.3, 0.4) is 0 Å². The molecule has 0 aromatic heterocycles. The Labute approximate surface area is 162 Å². The lowest BCUT2D eigenvalue weighted by molar-refractivity contribution is 0.998. The zero-order chi connectivity index (χ0) is 17.4. The minimum absolute atomic E-state index is 0. The van der Waals surface area contributed by atoms with Crippen LogP contribution < -0.4 is 11.2 Å². The van der Waals surface area contributed by atoms with Gasteiger partial charge in [0.2, 0.25) is 5.96 Å². The zero-order valence-corrected chi connectivity index (χ0v) is 15.4. The number of hydrazone groups is 1. The van der Waals surface area contributed by atoms with Crippen LogP contribution in [0.1, 0.15) is 11.1 Å². The molecule has 0 amide bonds. The number of nitrogens with zero attached hydrogens (tertiary/aromatic N) is 1. The second-order valence-electron chi connectivity index (χ2n) is 4.84. The molecule has 0 saturated heterocycles. The number of benzene rings is 2. The Morgan fingerprint density at radius 3 is 1.84 bits per heavy atom. The van der Waals surface area contributed by atoms with Crippen LogP contribution in [0.4, 0.5) is 0 Å². The molecule has 0 saturated carbocycles. The van der Waals surface area contributed by atoms with Gasteiger partial charge in [-0.1, -0.05) is 59.6 Å². The van der Waals surface area contributed by atoms with Gasteiger partial charge in [-0.3, -0.25) is 5.41 Å². The monoisotopic (exact) mass is 394 g/mol. The highest BCUT2D eigenvalue weighted by Gasteiger charge is 1.94. The van der Waals surface area contributed by atoms with E-state index in [-0.39, 0.29) is 18.4 Å². The second kappa shape index (κ2) is 10.6. The molecule has 4 nitrogen and oxygen atoms in total. The van der Waals surface area contributed by atoms with Gasteiger partial charge in [0.1, 0.15) is 0 Å². The first-order chi connectivity index (χ1) is 11.5. The first-order valence-corrected chi connectivity index (χ1v) is 7.83. The van der Waals surface area contributed by atoms with Gasteiger partial charge in [-0.25, -0.2) is 5.43 Å². The quantitative estimate of drug-likeness (QED) is 0.379. The fraction of sp³-hybridized carbons (Fsp3) is 0. The van der Waals surface area contributed by atoms with Gasteiger partial charge in [0.15, 0.2) is 0 Å². The highest BCUT2D eigenvalue weighted by atomic mass is 35.5. The second-order valence-corrected chi connectivity index (χ2v) is 5.71. The maximum Gasteiger partial charge on any atom is 0.206 e. The maximum atomic E-state index is 7.21. The Bertz CT molecular complexity index is 756. The van der Waals surface area contributed by atoms with Crippen LogP contribution >= 0.6 is 35.6 Å². The molecule has 0 atom stereocenters. The van der Waals surface area contributed by atoms with Crippen LogP contribution in [-0.4, -0.2) is 11.7 Å². The molecule has 0 unspecified atom stereocenters. The highest BCUT2D eigenvalue weighted by molar-refractivity contribution is 6.31. The summed E-state index contributed by atoms with van der Waals surface area (Å²) >= 11 is 11.9. The number of nitrogens with two attached hydrogens (primary N) is 1. The van der Waals surface area contributed by atoms with E-state index in [4.69, 9.17) is 34.3 Å². The van der Waals surface area contributed by atoms with Gasteiger partial charge in [0.25, 0.3) is 0 Å². The smallest absolute Gasteiger partial charge is 0.206 e. The summed E-state index contributed by atoms with van der Waals surface area (Å²) in [6.07, 6.45) is 7.33. The first-order valence-electron chi connectivity index (χ1n) is 7.08. The van der Waals surface area contributed by atoms with Crippen molar-refractivity contribution in [3.63, 3.8) is 0 Å². The van der Waals surface area contributed by atoms with Crippen molar-refractivity contribution in [2.75, 3.05) is 0 Å². The van der Waals surface area contributed by atoms with Gasteiger partial charge in [-0.15, -0.1) is 12.4 Å². The van der Waals surface area contributed by atoms with Crippen molar-refractivity contribution >= 4 is 59.4 Å². The van der Waals surface area contributed by atoms with E-state index in [1.807, 2.05) is 60.7 Å². The molecule has 2 rings (SSSR count). The van der Waals surface area contributed by atoms with E-state index in [1.165, 1.54) is 0 Å². The van der Waals surface area contributed by atoms with Crippen LogP contribution in [0.5, 0.6) is 0 Å². The summed E-state index contributed by atoms with van der Waals surface area (Å²) in [6.45, 7) is 0. The molecule has 0 bridgehead atoms. The molecular weight excluding hydrogens is 379 g/mol. The summed E-state index contributed by atoms with van der Waals surface area (Å²) in [5.74, 6) is -0.236. The lowest BCUT2D eigenvalue weighted by atomic mass is 10.1. The number of allylic oxidation sites excluding steroid dienone is 2. The average molecular weight is 396 g/mol. The Balaban J connectivity index is 0.00000312. The molecule has 0 fully saturated rings. The van der Waals surface area contributed by atoms with Crippen LogP contribution in [0, 0.1) is 5.41 Å². The van der Waals surface area contributed by atoms with Gasteiger partial charge in [-0.05, 0) is 47.5 Å². The van der Waals surface area contributed by atoms with Gasteiger partial charge >= 0.3 is 0 Å². The van der Waals surface area contributed by atoms with E-state index >= 15 is 0 Å². The lowest BCUT2D eigenvalue weighted by Gasteiger charge is -1.99. The largest absolute Gasteiger partial charge is 0.369 e. The fourth-order valence-electron chi connectivity index (χ4n) is 1.84. The molecule has 0 aliphatic heterocycles. The van der Waals surface area contributed by atoms with Crippen LogP contribution in [0.2, 0.25) is 10.0 Å². The SMILES string of the molecule is Cl.N=C(N)NN=C(/C=C/c1cccc(Cl)c1)/C=C/c1cccc(Cl)c1. The third-order valence-electron chi connectivity index (χ3n) is 2.90. The molecule has 130 valence electrons. The Kier molecular flexibility index (Phi) is 8.78. The van der Waals surface area contributed by atoms with Crippen molar-refractivity contribution in [3.05, 3.63) is 81.9 Å². The fourth-order valence-corrected chi connectivity index (χ4v) is 2.24. The van der Waals surface area contributed by atoms with Gasteiger partial charge in [-0.2, -0.15) is 5.10 Å². The number of rotatable bonds is 5. The molecule has 0 heterocycles. The molecule has 4 N–H and O–H groups in total. The van der Waals surface area contributed by atoms with Crippen LogP contribution in [0.25, 0.3) is 12.2 Å². The molecule has 7 heteroatoms. The summed E-state index contributed by atoms with van der Waals surface area (Å²) in [7, 11) is 0. The van der Waals surface area contributed by atoms with E-state index in [1.54, 1.807) is 12.2 Å². The molecule has 25 heavy (non-hydrogen) atoms. The van der Waals surface area contributed by atoms with Crippen molar-refractivity contribution in [2.45, 2.75) is 0 Å². The van der Waals surface area contributed by atoms with Crippen LogP contribution in [0.15, 0.2) is 65.8 Å². The number of hydrogen-bond acceptors (Lipinski definition) is 2. The van der Waals surface area contributed by atoms with Gasteiger partial charge in [0.05, 0.1) is 5.71 Å².